The number of rotatable bonds is 1. The van der Waals surface area contributed by atoms with Crippen molar-refractivity contribution in [1.29, 1.82) is 0 Å². The van der Waals surface area contributed by atoms with Crippen LogP contribution < -0.4 is 5.32 Å². The topological polar surface area (TPSA) is 38.3 Å². The molecule has 0 saturated heterocycles. The van der Waals surface area contributed by atoms with Crippen molar-refractivity contribution in [2.75, 3.05) is 12.4 Å². The highest BCUT2D eigenvalue weighted by atomic mass is 79.9. The predicted molar refractivity (Wildman–Crippen MR) is 85.1 cm³/mol. The molecule has 102 valence electrons. The summed E-state index contributed by atoms with van der Waals surface area (Å²) >= 11 is 3.48. The summed E-state index contributed by atoms with van der Waals surface area (Å²) in [5, 5.41) is 2.70. The first-order valence-electron chi connectivity index (χ1n) is 5.91. The van der Waals surface area contributed by atoms with Gasteiger partial charge in [0.15, 0.2) is 0 Å². The number of hydrogen-bond donors (Lipinski definition) is 1. The molecule has 19 heavy (non-hydrogen) atoms. The van der Waals surface area contributed by atoms with Crippen LogP contribution >= 0.6 is 15.9 Å². The van der Waals surface area contributed by atoms with Gasteiger partial charge in [-0.2, -0.15) is 0 Å². The third-order valence-corrected chi connectivity index (χ3v) is 4.02. The Hall–Kier alpha value is -1.25. The lowest BCUT2D eigenvalue weighted by Gasteiger charge is -2.10. The van der Waals surface area contributed by atoms with E-state index in [4.69, 9.17) is 0 Å². The van der Waals surface area contributed by atoms with E-state index in [2.05, 4.69) is 57.1 Å². The highest BCUT2D eigenvalue weighted by molar-refractivity contribution is 9.10. The third kappa shape index (κ3) is 5.09. The van der Waals surface area contributed by atoms with Crippen molar-refractivity contribution in [2.24, 2.45) is 0 Å². The van der Waals surface area contributed by atoms with Crippen molar-refractivity contribution in [3.8, 4) is 11.5 Å². The second kappa shape index (κ2) is 6.26. The molecule has 0 unspecified atom stereocenters. The number of amides is 1. The van der Waals surface area contributed by atoms with Crippen LogP contribution in [0.1, 0.15) is 11.1 Å². The second-order valence-electron chi connectivity index (χ2n) is 5.26. The van der Waals surface area contributed by atoms with Gasteiger partial charge in [0.25, 0.3) is 0 Å². The van der Waals surface area contributed by atoms with Crippen LogP contribution in [0.2, 0.25) is 19.6 Å². The maximum Gasteiger partial charge on any atom is 0.411 e. The summed E-state index contributed by atoms with van der Waals surface area (Å²) in [6, 6.07) is 3.81. The maximum atomic E-state index is 11.3. The van der Waals surface area contributed by atoms with Crippen molar-refractivity contribution in [3.05, 3.63) is 27.7 Å². The highest BCUT2D eigenvalue weighted by Crippen LogP contribution is 2.25. The Bertz CT molecular complexity index is 553. The van der Waals surface area contributed by atoms with Crippen molar-refractivity contribution in [2.45, 2.75) is 26.6 Å². The summed E-state index contributed by atoms with van der Waals surface area (Å²) in [7, 11) is -0.121. The van der Waals surface area contributed by atoms with E-state index in [1.54, 1.807) is 0 Å². The number of ether oxygens (including phenoxy) is 1. The quantitative estimate of drug-likeness (QED) is 0.616. The van der Waals surface area contributed by atoms with Crippen molar-refractivity contribution < 1.29 is 9.53 Å². The molecule has 0 atom stereocenters. The molecule has 0 aliphatic carbocycles. The molecule has 5 heteroatoms. The number of hydrogen-bond acceptors (Lipinski definition) is 2. The van der Waals surface area contributed by atoms with Gasteiger partial charge in [0.2, 0.25) is 0 Å². The summed E-state index contributed by atoms with van der Waals surface area (Å²) in [6.45, 7) is 8.49. The molecule has 0 heterocycles. The number of nitrogens with one attached hydrogen (secondary N) is 1. The molecule has 0 bridgehead atoms. The molecule has 0 aliphatic heterocycles. The van der Waals surface area contributed by atoms with Gasteiger partial charge in [-0.25, -0.2) is 4.79 Å². The lowest BCUT2D eigenvalue weighted by atomic mass is 10.1. The van der Waals surface area contributed by atoms with Crippen LogP contribution in [0, 0.1) is 18.4 Å². The van der Waals surface area contributed by atoms with Crippen molar-refractivity contribution in [1.82, 2.24) is 0 Å². The minimum atomic E-state index is -1.46. The first kappa shape index (κ1) is 15.8. The number of anilines is 1. The first-order chi connectivity index (χ1) is 8.73. The Morgan fingerprint density at radius 2 is 2.00 bits per heavy atom. The van der Waals surface area contributed by atoms with E-state index >= 15 is 0 Å². The van der Waals surface area contributed by atoms with E-state index in [1.165, 1.54) is 7.11 Å². The first-order valence-corrected chi connectivity index (χ1v) is 10.2. The molecule has 0 spiro atoms. The van der Waals surface area contributed by atoms with Crippen LogP contribution in [0.15, 0.2) is 16.6 Å². The molecule has 0 radical (unpaired) electrons. The van der Waals surface area contributed by atoms with Gasteiger partial charge in [-0.3, -0.25) is 5.32 Å². The molecule has 0 aromatic heterocycles. The number of aryl methyl sites for hydroxylation is 1. The molecule has 1 N–H and O–H groups in total. The molecule has 0 saturated carbocycles. The fourth-order valence-corrected chi connectivity index (χ4v) is 2.16. The molecule has 0 aliphatic rings. The summed E-state index contributed by atoms with van der Waals surface area (Å²) < 4.78 is 5.60. The molecule has 1 aromatic carbocycles. The number of carbonyl (C=O) groups is 1. The van der Waals surface area contributed by atoms with Crippen molar-refractivity contribution >= 4 is 35.8 Å². The normalized spacial score (nSPS) is 10.4. The van der Waals surface area contributed by atoms with Gasteiger partial charge in [0.1, 0.15) is 8.07 Å². The molecule has 1 amide bonds. The molecular weight excluding hydrogens is 322 g/mol. The lowest BCUT2D eigenvalue weighted by molar-refractivity contribution is 0.187. The number of halogens is 1. The van der Waals surface area contributed by atoms with Crippen LogP contribution in [-0.2, 0) is 4.74 Å². The minimum Gasteiger partial charge on any atom is -0.453 e. The zero-order valence-corrected chi connectivity index (χ0v) is 14.4. The summed E-state index contributed by atoms with van der Waals surface area (Å²) in [4.78, 5) is 11.3. The molecule has 1 aromatic rings. The SMILES string of the molecule is COC(=O)Nc1cc(C)c(Br)cc1C#C[Si](C)(C)C. The van der Waals surface area contributed by atoms with Crippen molar-refractivity contribution in [3.63, 3.8) is 0 Å². The van der Waals surface area contributed by atoms with Gasteiger partial charge in [-0.05, 0) is 24.6 Å². The standard InChI is InChI=1S/C14H18BrNO2Si/c1-10-8-13(16-14(17)18-2)11(9-12(10)15)6-7-19(3,4)5/h8-9H,1-5H3,(H,16,17). The number of methoxy groups -OCH3 is 1. The Morgan fingerprint density at radius 1 is 1.37 bits per heavy atom. The maximum absolute atomic E-state index is 11.3. The Labute approximate surface area is 123 Å². The van der Waals surface area contributed by atoms with Crippen LogP contribution in [0.5, 0.6) is 0 Å². The molecule has 1 rings (SSSR count). The van der Waals surface area contributed by atoms with Gasteiger partial charge in [0, 0.05) is 10.0 Å². The van der Waals surface area contributed by atoms with E-state index in [1.807, 2.05) is 19.1 Å². The molecule has 0 fully saturated rings. The molecular formula is C14H18BrNO2Si. The van der Waals surface area contributed by atoms with Gasteiger partial charge in [0.05, 0.1) is 12.8 Å². The zero-order chi connectivity index (χ0) is 14.6. The summed E-state index contributed by atoms with van der Waals surface area (Å²) in [5.41, 5.74) is 5.80. The average molecular weight is 340 g/mol. The van der Waals surface area contributed by atoms with E-state index in [-0.39, 0.29) is 0 Å². The molecule has 3 nitrogen and oxygen atoms in total. The van der Waals surface area contributed by atoms with Crippen LogP contribution in [0.4, 0.5) is 10.5 Å². The Balaban J connectivity index is 3.23. The summed E-state index contributed by atoms with van der Waals surface area (Å²) in [6.07, 6.45) is -0.488. The Kier molecular flexibility index (Phi) is 5.21. The smallest absolute Gasteiger partial charge is 0.411 e. The van der Waals surface area contributed by atoms with E-state index in [9.17, 15) is 4.79 Å². The average Bonchev–Trinajstić information content (AvgIpc) is 2.30. The predicted octanol–water partition coefficient (Wildman–Crippen LogP) is 4.16. The largest absolute Gasteiger partial charge is 0.453 e. The minimum absolute atomic E-state index is 0.488. The van der Waals surface area contributed by atoms with Gasteiger partial charge in [-0.1, -0.05) is 41.5 Å². The second-order valence-corrected chi connectivity index (χ2v) is 10.9. The van der Waals surface area contributed by atoms with E-state index < -0.39 is 14.2 Å². The van der Waals surface area contributed by atoms with Crippen LogP contribution in [0.25, 0.3) is 0 Å². The Morgan fingerprint density at radius 3 is 2.53 bits per heavy atom. The fourth-order valence-electron chi connectivity index (χ4n) is 1.30. The fraction of sp³-hybridized carbons (Fsp3) is 0.357. The lowest BCUT2D eigenvalue weighted by Crippen LogP contribution is -2.16. The third-order valence-electron chi connectivity index (χ3n) is 2.29. The van der Waals surface area contributed by atoms with Gasteiger partial charge in [-0.15, -0.1) is 5.54 Å². The van der Waals surface area contributed by atoms with Gasteiger partial charge >= 0.3 is 6.09 Å². The van der Waals surface area contributed by atoms with Crippen LogP contribution in [-0.4, -0.2) is 21.3 Å². The zero-order valence-electron chi connectivity index (χ0n) is 11.8. The number of carbonyl (C=O) groups excluding carboxylic acids is 1. The van der Waals surface area contributed by atoms with Gasteiger partial charge < -0.3 is 4.74 Å². The van der Waals surface area contributed by atoms with E-state index in [0.29, 0.717) is 5.69 Å². The van der Waals surface area contributed by atoms with E-state index in [0.717, 1.165) is 15.6 Å². The van der Waals surface area contributed by atoms with Crippen LogP contribution in [0.3, 0.4) is 0 Å². The monoisotopic (exact) mass is 339 g/mol. The number of benzene rings is 1. The highest BCUT2D eigenvalue weighted by Gasteiger charge is 2.11. The summed E-state index contributed by atoms with van der Waals surface area (Å²) in [5.74, 6) is 3.16.